The second-order valence-corrected chi connectivity index (χ2v) is 3.31. The Labute approximate surface area is 95.7 Å². The van der Waals surface area contributed by atoms with Crippen molar-refractivity contribution < 1.29 is 14.3 Å². The Balaban J connectivity index is 2.75. The van der Waals surface area contributed by atoms with Crippen molar-refractivity contribution in [1.82, 2.24) is 0 Å². The summed E-state index contributed by atoms with van der Waals surface area (Å²) in [4.78, 5) is 11.1. The van der Waals surface area contributed by atoms with Gasteiger partial charge in [-0.1, -0.05) is 6.07 Å². The average molecular weight is 220 g/mol. The van der Waals surface area contributed by atoms with Crippen LogP contribution in [0.3, 0.4) is 0 Å². The van der Waals surface area contributed by atoms with Gasteiger partial charge in [0.15, 0.2) is 0 Å². The number of methoxy groups -OCH3 is 1. The highest BCUT2D eigenvalue weighted by atomic mass is 16.5. The highest BCUT2D eigenvalue weighted by molar-refractivity contribution is 5.87. The molecule has 0 amide bonds. The molecule has 0 aliphatic heterocycles. The fourth-order valence-corrected chi connectivity index (χ4v) is 1.36. The molecule has 0 unspecified atom stereocenters. The zero-order chi connectivity index (χ0) is 12.0. The third-order valence-electron chi connectivity index (χ3n) is 2.12. The van der Waals surface area contributed by atoms with Crippen molar-refractivity contribution in [2.75, 3.05) is 13.7 Å². The number of ether oxygens (including phenoxy) is 2. The minimum atomic E-state index is -0.323. The molecule has 1 rings (SSSR count). The lowest BCUT2D eigenvalue weighted by atomic mass is 10.1. The molecule has 0 aromatic heterocycles. The average Bonchev–Trinajstić information content (AvgIpc) is 2.27. The molecule has 0 heterocycles. The van der Waals surface area contributed by atoms with E-state index in [9.17, 15) is 4.79 Å². The van der Waals surface area contributed by atoms with Crippen LogP contribution in [-0.2, 0) is 9.53 Å². The van der Waals surface area contributed by atoms with E-state index in [0.717, 1.165) is 16.9 Å². The van der Waals surface area contributed by atoms with E-state index in [2.05, 4.69) is 0 Å². The fourth-order valence-electron chi connectivity index (χ4n) is 1.36. The van der Waals surface area contributed by atoms with Gasteiger partial charge in [-0.2, -0.15) is 0 Å². The quantitative estimate of drug-likeness (QED) is 0.578. The maximum absolute atomic E-state index is 11.1. The molecular weight excluding hydrogens is 204 g/mol. The van der Waals surface area contributed by atoms with Crippen molar-refractivity contribution in [3.8, 4) is 5.75 Å². The van der Waals surface area contributed by atoms with E-state index >= 15 is 0 Å². The van der Waals surface area contributed by atoms with Crippen LogP contribution in [0.15, 0.2) is 24.3 Å². The lowest BCUT2D eigenvalue weighted by molar-refractivity contribution is -0.137. The van der Waals surface area contributed by atoms with Gasteiger partial charge in [-0.15, -0.1) is 0 Å². The molecule has 3 nitrogen and oxygen atoms in total. The summed E-state index contributed by atoms with van der Waals surface area (Å²) in [5.41, 5.74) is 1.99. The van der Waals surface area contributed by atoms with Crippen LogP contribution in [0, 0.1) is 6.92 Å². The van der Waals surface area contributed by atoms with Crippen molar-refractivity contribution >= 4 is 12.0 Å². The molecule has 0 aliphatic carbocycles. The first-order chi connectivity index (χ1) is 7.67. The van der Waals surface area contributed by atoms with Gasteiger partial charge in [0.2, 0.25) is 0 Å². The molecule has 0 spiro atoms. The fraction of sp³-hybridized carbons (Fsp3) is 0.308. The molecule has 1 aromatic rings. The maximum atomic E-state index is 11.1. The Morgan fingerprint density at radius 3 is 2.75 bits per heavy atom. The van der Waals surface area contributed by atoms with Crippen molar-refractivity contribution in [2.45, 2.75) is 13.8 Å². The van der Waals surface area contributed by atoms with Crippen LogP contribution in [0.25, 0.3) is 6.08 Å². The van der Waals surface area contributed by atoms with E-state index in [-0.39, 0.29) is 5.97 Å². The van der Waals surface area contributed by atoms with Crippen LogP contribution in [0.5, 0.6) is 5.75 Å². The normalized spacial score (nSPS) is 10.4. The Morgan fingerprint density at radius 1 is 1.44 bits per heavy atom. The van der Waals surface area contributed by atoms with Gasteiger partial charge in [0.05, 0.1) is 13.7 Å². The van der Waals surface area contributed by atoms with Gasteiger partial charge in [-0.05, 0) is 43.2 Å². The van der Waals surface area contributed by atoms with Gasteiger partial charge in [0.25, 0.3) is 0 Å². The lowest BCUT2D eigenvalue weighted by Gasteiger charge is -2.04. The number of carbonyl (C=O) groups is 1. The molecule has 0 saturated heterocycles. The van der Waals surface area contributed by atoms with Gasteiger partial charge >= 0.3 is 5.97 Å². The van der Waals surface area contributed by atoms with E-state index in [0.29, 0.717) is 6.61 Å². The second-order valence-electron chi connectivity index (χ2n) is 3.31. The summed E-state index contributed by atoms with van der Waals surface area (Å²) in [5.74, 6) is 0.518. The Bertz CT molecular complexity index is 394. The van der Waals surface area contributed by atoms with Crippen LogP contribution < -0.4 is 4.74 Å². The number of esters is 1. The predicted octanol–water partition coefficient (Wildman–Crippen LogP) is 2.58. The molecule has 0 radical (unpaired) electrons. The van der Waals surface area contributed by atoms with Crippen molar-refractivity contribution in [3.63, 3.8) is 0 Å². The maximum Gasteiger partial charge on any atom is 0.330 e. The van der Waals surface area contributed by atoms with Crippen LogP contribution in [0.4, 0.5) is 0 Å². The number of benzene rings is 1. The second kappa shape index (κ2) is 5.95. The van der Waals surface area contributed by atoms with Gasteiger partial charge in [0, 0.05) is 6.08 Å². The van der Waals surface area contributed by atoms with E-state index < -0.39 is 0 Å². The molecular formula is C13H16O3. The molecule has 0 aliphatic rings. The number of carbonyl (C=O) groups excluding carboxylic acids is 1. The minimum absolute atomic E-state index is 0.323. The minimum Gasteiger partial charge on any atom is -0.496 e. The summed E-state index contributed by atoms with van der Waals surface area (Å²) in [6.45, 7) is 4.13. The van der Waals surface area contributed by atoms with Crippen molar-refractivity contribution in [2.24, 2.45) is 0 Å². The monoisotopic (exact) mass is 220 g/mol. The van der Waals surface area contributed by atoms with E-state index in [4.69, 9.17) is 9.47 Å². The topological polar surface area (TPSA) is 35.5 Å². The molecule has 0 fully saturated rings. The van der Waals surface area contributed by atoms with Crippen LogP contribution in [0.1, 0.15) is 18.1 Å². The van der Waals surface area contributed by atoms with E-state index in [1.54, 1.807) is 20.1 Å². The zero-order valence-electron chi connectivity index (χ0n) is 9.82. The summed E-state index contributed by atoms with van der Waals surface area (Å²) >= 11 is 0. The summed E-state index contributed by atoms with van der Waals surface area (Å²) in [6, 6.07) is 5.72. The predicted molar refractivity (Wildman–Crippen MR) is 63.4 cm³/mol. The largest absolute Gasteiger partial charge is 0.496 e. The highest BCUT2D eigenvalue weighted by Gasteiger charge is 1.98. The molecule has 0 N–H and O–H groups in total. The molecule has 86 valence electrons. The van der Waals surface area contributed by atoms with Gasteiger partial charge in [-0.3, -0.25) is 0 Å². The third-order valence-corrected chi connectivity index (χ3v) is 2.12. The van der Waals surface area contributed by atoms with E-state index in [1.807, 2.05) is 25.1 Å². The van der Waals surface area contributed by atoms with E-state index in [1.165, 1.54) is 6.08 Å². The van der Waals surface area contributed by atoms with Crippen LogP contribution in [-0.4, -0.2) is 19.7 Å². The highest BCUT2D eigenvalue weighted by Crippen LogP contribution is 2.19. The lowest BCUT2D eigenvalue weighted by Crippen LogP contribution is -1.98. The number of rotatable bonds is 4. The molecule has 0 bridgehead atoms. The molecule has 3 heteroatoms. The van der Waals surface area contributed by atoms with Crippen molar-refractivity contribution in [3.05, 3.63) is 35.4 Å². The zero-order valence-corrected chi connectivity index (χ0v) is 9.82. The SMILES string of the molecule is CCOC(=O)C=Cc1ccc(OC)c(C)c1. The molecule has 0 atom stereocenters. The van der Waals surface area contributed by atoms with Crippen LogP contribution >= 0.6 is 0 Å². The summed E-state index contributed by atoms with van der Waals surface area (Å²) in [7, 11) is 1.64. The summed E-state index contributed by atoms with van der Waals surface area (Å²) in [5, 5.41) is 0. The van der Waals surface area contributed by atoms with Crippen molar-refractivity contribution in [1.29, 1.82) is 0 Å². The third kappa shape index (κ3) is 3.42. The summed E-state index contributed by atoms with van der Waals surface area (Å²) < 4.78 is 9.94. The Kier molecular flexibility index (Phi) is 4.58. The first kappa shape index (κ1) is 12.3. The van der Waals surface area contributed by atoms with Crippen LogP contribution in [0.2, 0.25) is 0 Å². The molecule has 0 saturated carbocycles. The van der Waals surface area contributed by atoms with Gasteiger partial charge in [-0.25, -0.2) is 4.79 Å². The smallest absolute Gasteiger partial charge is 0.330 e. The Hall–Kier alpha value is -1.77. The molecule has 16 heavy (non-hydrogen) atoms. The van der Waals surface area contributed by atoms with Gasteiger partial charge in [0.1, 0.15) is 5.75 Å². The number of aryl methyl sites for hydroxylation is 1. The first-order valence-electron chi connectivity index (χ1n) is 5.17. The molecule has 1 aromatic carbocycles. The summed E-state index contributed by atoms with van der Waals surface area (Å²) in [6.07, 6.45) is 3.15. The standard InChI is InChI=1S/C13H16O3/c1-4-16-13(14)8-6-11-5-7-12(15-3)10(2)9-11/h5-9H,4H2,1-3H3. The van der Waals surface area contributed by atoms with Gasteiger partial charge < -0.3 is 9.47 Å². The Morgan fingerprint density at radius 2 is 2.19 bits per heavy atom. The number of hydrogen-bond donors (Lipinski definition) is 0. The number of hydrogen-bond acceptors (Lipinski definition) is 3. The first-order valence-corrected chi connectivity index (χ1v) is 5.17.